The Morgan fingerprint density at radius 2 is 1.93 bits per heavy atom. The summed E-state index contributed by atoms with van der Waals surface area (Å²) < 4.78 is 0.615. The standard InChI is InChI=1S/C20H20N2O2S3/c23-18(21-15-8-3-1-4-9-15)11-5-2-6-12-22-19(24)17(27-20(22)25)14-16-10-7-13-26-16/h1,3-4,7-10,13-14H,2,5-6,11-12H2,(H,21,23)/b17-14+. The molecule has 0 unspecified atom stereocenters. The minimum absolute atomic E-state index is 0.0137. The summed E-state index contributed by atoms with van der Waals surface area (Å²) in [5.41, 5.74) is 0.817. The molecule has 1 fully saturated rings. The molecule has 1 N–H and O–H groups in total. The number of para-hydroxylation sites is 1. The van der Waals surface area contributed by atoms with Crippen LogP contribution >= 0.6 is 35.3 Å². The molecule has 3 rings (SSSR count). The van der Waals surface area contributed by atoms with E-state index in [1.807, 2.05) is 53.9 Å². The number of unbranched alkanes of at least 4 members (excludes halogenated alkanes) is 2. The zero-order valence-electron chi connectivity index (χ0n) is 14.7. The number of benzene rings is 1. The minimum Gasteiger partial charge on any atom is -0.326 e. The van der Waals surface area contributed by atoms with Gasteiger partial charge in [-0.05, 0) is 42.5 Å². The van der Waals surface area contributed by atoms with Gasteiger partial charge in [-0.25, -0.2) is 0 Å². The zero-order chi connectivity index (χ0) is 19.1. The van der Waals surface area contributed by atoms with Crippen LogP contribution in [0.4, 0.5) is 5.69 Å². The molecule has 0 spiro atoms. The van der Waals surface area contributed by atoms with Gasteiger partial charge in [0.25, 0.3) is 5.91 Å². The van der Waals surface area contributed by atoms with Crippen molar-refractivity contribution in [1.29, 1.82) is 0 Å². The van der Waals surface area contributed by atoms with Gasteiger partial charge in [-0.1, -0.05) is 54.7 Å². The van der Waals surface area contributed by atoms with E-state index >= 15 is 0 Å². The molecule has 27 heavy (non-hydrogen) atoms. The van der Waals surface area contributed by atoms with Crippen molar-refractivity contribution in [3.8, 4) is 0 Å². The van der Waals surface area contributed by atoms with Crippen molar-refractivity contribution >= 4 is 63.2 Å². The summed E-state index contributed by atoms with van der Waals surface area (Å²) in [5, 5.41) is 4.87. The highest BCUT2D eigenvalue weighted by molar-refractivity contribution is 8.26. The number of anilines is 1. The highest BCUT2D eigenvalue weighted by atomic mass is 32.2. The predicted octanol–water partition coefficient (Wildman–Crippen LogP) is 5.15. The second kappa shape index (κ2) is 9.82. The number of amides is 2. The van der Waals surface area contributed by atoms with Gasteiger partial charge in [0.2, 0.25) is 5.91 Å². The minimum atomic E-state index is -0.0137. The third-order valence-electron chi connectivity index (χ3n) is 4.03. The van der Waals surface area contributed by atoms with Gasteiger partial charge in [0.05, 0.1) is 4.91 Å². The van der Waals surface area contributed by atoms with Gasteiger partial charge >= 0.3 is 0 Å². The lowest BCUT2D eigenvalue weighted by Crippen LogP contribution is -2.29. The van der Waals surface area contributed by atoms with Crippen LogP contribution in [-0.4, -0.2) is 27.6 Å². The quantitative estimate of drug-likeness (QED) is 0.367. The van der Waals surface area contributed by atoms with E-state index < -0.39 is 0 Å². The van der Waals surface area contributed by atoms with Crippen molar-refractivity contribution in [1.82, 2.24) is 4.90 Å². The second-order valence-electron chi connectivity index (χ2n) is 6.07. The van der Waals surface area contributed by atoms with Crippen LogP contribution in [0.25, 0.3) is 6.08 Å². The first-order valence-electron chi connectivity index (χ1n) is 8.77. The lowest BCUT2D eigenvalue weighted by atomic mass is 10.1. The number of hydrogen-bond donors (Lipinski definition) is 1. The van der Waals surface area contributed by atoms with Crippen LogP contribution in [0.1, 0.15) is 30.6 Å². The summed E-state index contributed by atoms with van der Waals surface area (Å²) in [6.07, 6.45) is 4.88. The van der Waals surface area contributed by atoms with Crippen molar-refractivity contribution < 1.29 is 9.59 Å². The molecule has 1 aliphatic rings. The molecule has 0 aliphatic carbocycles. The molecule has 1 saturated heterocycles. The summed E-state index contributed by atoms with van der Waals surface area (Å²) >= 11 is 8.31. The van der Waals surface area contributed by atoms with E-state index in [0.717, 1.165) is 29.8 Å². The fraction of sp³-hybridized carbons (Fsp3) is 0.250. The normalized spacial score (nSPS) is 15.6. The molecule has 0 saturated carbocycles. The van der Waals surface area contributed by atoms with Gasteiger partial charge in [0.15, 0.2) is 0 Å². The number of thiophene rings is 1. The summed E-state index contributed by atoms with van der Waals surface area (Å²) in [5.74, 6) is 0.00548. The van der Waals surface area contributed by atoms with Crippen molar-refractivity contribution in [3.05, 3.63) is 57.6 Å². The predicted molar refractivity (Wildman–Crippen MR) is 118 cm³/mol. The van der Waals surface area contributed by atoms with Crippen molar-refractivity contribution in [2.24, 2.45) is 0 Å². The van der Waals surface area contributed by atoms with E-state index in [9.17, 15) is 9.59 Å². The number of carbonyl (C=O) groups excluding carboxylic acids is 2. The van der Waals surface area contributed by atoms with Crippen LogP contribution in [0.3, 0.4) is 0 Å². The second-order valence-corrected chi connectivity index (χ2v) is 8.73. The van der Waals surface area contributed by atoms with Crippen LogP contribution in [-0.2, 0) is 9.59 Å². The van der Waals surface area contributed by atoms with Crippen molar-refractivity contribution in [3.63, 3.8) is 0 Å². The van der Waals surface area contributed by atoms with E-state index in [-0.39, 0.29) is 11.8 Å². The van der Waals surface area contributed by atoms with Gasteiger partial charge in [-0.2, -0.15) is 0 Å². The molecule has 0 atom stereocenters. The Kier molecular flexibility index (Phi) is 7.20. The fourth-order valence-corrected chi connectivity index (χ4v) is 4.70. The van der Waals surface area contributed by atoms with Crippen LogP contribution in [0.5, 0.6) is 0 Å². The van der Waals surface area contributed by atoms with E-state index in [4.69, 9.17) is 12.2 Å². The fourth-order valence-electron chi connectivity index (χ4n) is 2.67. The third-order valence-corrected chi connectivity index (χ3v) is 6.23. The first-order valence-corrected chi connectivity index (χ1v) is 10.9. The number of hydrogen-bond acceptors (Lipinski definition) is 5. The number of carbonyl (C=O) groups is 2. The highest BCUT2D eigenvalue weighted by Gasteiger charge is 2.31. The first kappa shape index (κ1) is 19.8. The van der Waals surface area contributed by atoms with Crippen LogP contribution in [0.2, 0.25) is 0 Å². The third kappa shape index (κ3) is 5.76. The maximum Gasteiger partial charge on any atom is 0.266 e. The van der Waals surface area contributed by atoms with Gasteiger partial charge in [-0.15, -0.1) is 11.3 Å². The largest absolute Gasteiger partial charge is 0.326 e. The molecule has 1 aromatic carbocycles. The average molecular weight is 417 g/mol. The van der Waals surface area contributed by atoms with Crippen molar-refractivity contribution in [2.45, 2.75) is 25.7 Å². The Morgan fingerprint density at radius 3 is 2.67 bits per heavy atom. The number of thioether (sulfide) groups is 1. The molecule has 140 valence electrons. The number of nitrogens with zero attached hydrogens (tertiary/aromatic N) is 1. The topological polar surface area (TPSA) is 49.4 Å². The molecule has 0 bridgehead atoms. The van der Waals surface area contributed by atoms with Crippen LogP contribution in [0, 0.1) is 0 Å². The van der Waals surface area contributed by atoms with Crippen LogP contribution in [0.15, 0.2) is 52.7 Å². The van der Waals surface area contributed by atoms with Crippen molar-refractivity contribution in [2.75, 3.05) is 11.9 Å². The number of thiocarbonyl (C=S) groups is 1. The lowest BCUT2D eigenvalue weighted by molar-refractivity contribution is -0.122. The smallest absolute Gasteiger partial charge is 0.266 e. The lowest BCUT2D eigenvalue weighted by Gasteiger charge is -2.14. The SMILES string of the molecule is O=C(CCCCCN1C(=O)/C(=C\c2cccs2)SC1=S)Nc1ccccc1. The molecular weight excluding hydrogens is 396 g/mol. The zero-order valence-corrected chi connectivity index (χ0v) is 17.2. The van der Waals surface area contributed by atoms with Gasteiger partial charge in [0, 0.05) is 23.5 Å². The monoisotopic (exact) mass is 416 g/mol. The molecule has 2 aromatic rings. The van der Waals surface area contributed by atoms with E-state index in [2.05, 4.69) is 5.32 Å². The summed E-state index contributed by atoms with van der Waals surface area (Å²) in [7, 11) is 0. The molecule has 7 heteroatoms. The average Bonchev–Trinajstić information content (AvgIpc) is 3.26. The van der Waals surface area contributed by atoms with Gasteiger partial charge in [0.1, 0.15) is 4.32 Å². The molecule has 1 aromatic heterocycles. The Balaban J connectivity index is 1.38. The highest BCUT2D eigenvalue weighted by Crippen LogP contribution is 2.33. The molecular formula is C20H20N2O2S3. The molecule has 2 amide bonds. The molecule has 0 radical (unpaired) electrons. The van der Waals surface area contributed by atoms with E-state index in [0.29, 0.717) is 22.2 Å². The summed E-state index contributed by atoms with van der Waals surface area (Å²) in [6, 6.07) is 13.4. The Hall–Kier alpha value is -1.96. The Morgan fingerprint density at radius 1 is 1.11 bits per heavy atom. The van der Waals surface area contributed by atoms with E-state index in [1.165, 1.54) is 11.8 Å². The summed E-state index contributed by atoms with van der Waals surface area (Å²) in [4.78, 5) is 27.8. The van der Waals surface area contributed by atoms with E-state index in [1.54, 1.807) is 16.2 Å². The Bertz CT molecular complexity index is 832. The maximum absolute atomic E-state index is 12.5. The first-order chi connectivity index (χ1) is 13.1. The maximum atomic E-state index is 12.5. The summed E-state index contributed by atoms with van der Waals surface area (Å²) in [6.45, 7) is 0.604. The number of nitrogens with one attached hydrogen (secondary N) is 1. The molecule has 4 nitrogen and oxygen atoms in total. The molecule has 1 aliphatic heterocycles. The Labute approximate surface area is 172 Å². The van der Waals surface area contributed by atoms with Gasteiger partial charge in [-0.3, -0.25) is 14.5 Å². The number of rotatable bonds is 8. The molecule has 2 heterocycles. The van der Waals surface area contributed by atoms with Crippen LogP contribution < -0.4 is 5.32 Å². The van der Waals surface area contributed by atoms with Gasteiger partial charge < -0.3 is 5.32 Å².